The van der Waals surface area contributed by atoms with Crippen molar-refractivity contribution in [2.24, 2.45) is 0 Å². The van der Waals surface area contributed by atoms with Crippen molar-refractivity contribution in [1.82, 2.24) is 9.97 Å². The van der Waals surface area contributed by atoms with Gasteiger partial charge in [-0.25, -0.2) is 4.98 Å². The average Bonchev–Trinajstić information content (AvgIpc) is 2.79. The van der Waals surface area contributed by atoms with E-state index in [1.165, 1.54) is 6.33 Å². The van der Waals surface area contributed by atoms with Gasteiger partial charge in [-0.1, -0.05) is 43.6 Å². The Labute approximate surface area is 191 Å². The maximum absolute atomic E-state index is 11.9. The number of hydrogen-bond donors (Lipinski definition) is 0. The molecule has 0 atom stereocenters. The molecule has 0 spiro atoms. The number of hydrogen-bond acceptors (Lipinski definition) is 7. The fourth-order valence-electron chi connectivity index (χ4n) is 3.70. The maximum atomic E-state index is 11.9. The Morgan fingerprint density at radius 3 is 2.34 bits per heavy atom. The third kappa shape index (κ3) is 4.75. The fraction of sp³-hybridized carbons (Fsp3) is 0.304. The second-order valence-electron chi connectivity index (χ2n) is 7.89. The zero-order valence-corrected chi connectivity index (χ0v) is 18.7. The zero-order chi connectivity index (χ0) is 22.7. The van der Waals surface area contributed by atoms with Gasteiger partial charge >= 0.3 is 11.6 Å². The molecule has 32 heavy (non-hydrogen) atoms. The maximum Gasteiger partial charge on any atom is 0.373 e. The van der Waals surface area contributed by atoms with Crippen molar-refractivity contribution in [3.05, 3.63) is 75.6 Å². The Bertz CT molecular complexity index is 1100. The Morgan fingerprint density at radius 2 is 1.72 bits per heavy atom. The van der Waals surface area contributed by atoms with Crippen LogP contribution in [0.2, 0.25) is 5.02 Å². The van der Waals surface area contributed by atoms with Crippen LogP contribution in [0.3, 0.4) is 0 Å². The van der Waals surface area contributed by atoms with E-state index in [0.29, 0.717) is 42.9 Å². The van der Waals surface area contributed by atoms with Crippen molar-refractivity contribution in [2.45, 2.75) is 19.8 Å². The summed E-state index contributed by atoms with van der Waals surface area (Å²) >= 11 is 6.11. The molecule has 3 aromatic rings. The third-order valence-electron chi connectivity index (χ3n) is 5.47. The summed E-state index contributed by atoms with van der Waals surface area (Å²) in [7, 11) is 0. The van der Waals surface area contributed by atoms with Gasteiger partial charge in [0.05, 0.1) is 4.92 Å². The fourth-order valence-corrected chi connectivity index (χ4v) is 3.89. The molecule has 8 nitrogen and oxygen atoms in total. The summed E-state index contributed by atoms with van der Waals surface area (Å²) in [5.41, 5.74) is 1.97. The first-order valence-corrected chi connectivity index (χ1v) is 10.8. The summed E-state index contributed by atoms with van der Waals surface area (Å²) in [5.74, 6) is 1.08. The van der Waals surface area contributed by atoms with Crippen molar-refractivity contribution in [3.8, 4) is 11.6 Å². The molecule has 0 aliphatic carbocycles. The molecule has 1 aromatic heterocycles. The van der Waals surface area contributed by atoms with E-state index < -0.39 is 4.92 Å². The van der Waals surface area contributed by atoms with Crippen LogP contribution >= 0.6 is 11.6 Å². The number of ether oxygens (including phenoxy) is 1. The van der Waals surface area contributed by atoms with Crippen molar-refractivity contribution >= 4 is 28.8 Å². The van der Waals surface area contributed by atoms with Gasteiger partial charge in [0.1, 0.15) is 12.1 Å². The molecular weight excluding hydrogens is 430 g/mol. The Kier molecular flexibility index (Phi) is 6.41. The monoisotopic (exact) mass is 453 g/mol. The van der Waals surface area contributed by atoms with E-state index in [1.54, 1.807) is 12.1 Å². The Balaban J connectivity index is 1.54. The number of nitro groups is 1. The van der Waals surface area contributed by atoms with Crippen LogP contribution in [0.1, 0.15) is 25.3 Å². The standard InChI is InChI=1S/C23H24ClN5O3/c1-16(2)17-6-8-20(9-7-17)32-23-21(29(30)31)22(25-15-26-23)28-12-10-27(11-13-28)19-5-3-4-18(24)14-19/h3-9,14-16H,10-13H2,1-2H3. The number of aromatic nitrogens is 2. The van der Waals surface area contributed by atoms with Gasteiger partial charge in [-0.05, 0) is 41.8 Å². The first-order chi connectivity index (χ1) is 15.4. The van der Waals surface area contributed by atoms with E-state index in [9.17, 15) is 10.1 Å². The van der Waals surface area contributed by atoms with Crippen molar-refractivity contribution < 1.29 is 9.66 Å². The molecule has 4 rings (SSSR count). The van der Waals surface area contributed by atoms with Crippen LogP contribution in [0, 0.1) is 10.1 Å². The van der Waals surface area contributed by atoms with E-state index in [1.807, 2.05) is 41.3 Å². The summed E-state index contributed by atoms with van der Waals surface area (Å²) < 4.78 is 5.80. The number of piperazine rings is 1. The van der Waals surface area contributed by atoms with E-state index in [2.05, 4.69) is 28.7 Å². The van der Waals surface area contributed by atoms with Crippen LogP contribution < -0.4 is 14.5 Å². The highest BCUT2D eigenvalue weighted by molar-refractivity contribution is 6.30. The molecule has 2 aromatic carbocycles. The van der Waals surface area contributed by atoms with Crippen LogP contribution in [0.15, 0.2) is 54.9 Å². The van der Waals surface area contributed by atoms with Crippen molar-refractivity contribution in [3.63, 3.8) is 0 Å². The highest BCUT2D eigenvalue weighted by atomic mass is 35.5. The van der Waals surface area contributed by atoms with Gasteiger partial charge in [0.2, 0.25) is 5.82 Å². The van der Waals surface area contributed by atoms with E-state index in [0.717, 1.165) is 11.3 Å². The smallest absolute Gasteiger partial charge is 0.373 e. The first kappa shape index (κ1) is 21.8. The van der Waals surface area contributed by atoms with Crippen LogP contribution in [0.25, 0.3) is 0 Å². The van der Waals surface area contributed by atoms with E-state index >= 15 is 0 Å². The molecule has 0 amide bonds. The van der Waals surface area contributed by atoms with Crippen molar-refractivity contribution in [1.29, 1.82) is 0 Å². The lowest BCUT2D eigenvalue weighted by Gasteiger charge is -2.36. The van der Waals surface area contributed by atoms with Gasteiger partial charge in [-0.2, -0.15) is 4.98 Å². The summed E-state index contributed by atoms with van der Waals surface area (Å²) in [6.45, 7) is 6.73. The summed E-state index contributed by atoms with van der Waals surface area (Å²) in [6, 6.07) is 15.2. The van der Waals surface area contributed by atoms with Crippen LogP contribution in [-0.4, -0.2) is 41.1 Å². The number of benzene rings is 2. The van der Waals surface area contributed by atoms with E-state index in [-0.39, 0.29) is 17.4 Å². The molecule has 0 unspecified atom stereocenters. The number of halogens is 1. The van der Waals surface area contributed by atoms with Gasteiger partial charge in [-0.3, -0.25) is 10.1 Å². The second kappa shape index (κ2) is 9.40. The van der Waals surface area contributed by atoms with Gasteiger partial charge in [-0.15, -0.1) is 0 Å². The minimum absolute atomic E-state index is 0.0606. The average molecular weight is 454 g/mol. The molecule has 9 heteroatoms. The van der Waals surface area contributed by atoms with Gasteiger partial charge < -0.3 is 14.5 Å². The minimum atomic E-state index is -0.476. The molecule has 0 N–H and O–H groups in total. The second-order valence-corrected chi connectivity index (χ2v) is 8.32. The molecule has 0 saturated carbocycles. The normalized spacial score (nSPS) is 14.0. The predicted octanol–water partition coefficient (Wildman–Crippen LogP) is 5.28. The summed E-state index contributed by atoms with van der Waals surface area (Å²) in [4.78, 5) is 23.8. The molecule has 2 heterocycles. The molecule has 1 saturated heterocycles. The lowest BCUT2D eigenvalue weighted by molar-refractivity contribution is -0.385. The Morgan fingerprint density at radius 1 is 1.03 bits per heavy atom. The number of rotatable bonds is 6. The SMILES string of the molecule is CC(C)c1ccc(Oc2ncnc(N3CCN(c4cccc(Cl)c4)CC3)c2[N+](=O)[O-])cc1. The summed E-state index contributed by atoms with van der Waals surface area (Å²) in [5, 5.41) is 12.6. The predicted molar refractivity (Wildman–Crippen MR) is 125 cm³/mol. The van der Waals surface area contributed by atoms with Crippen LogP contribution in [-0.2, 0) is 0 Å². The van der Waals surface area contributed by atoms with Crippen LogP contribution in [0.5, 0.6) is 11.6 Å². The van der Waals surface area contributed by atoms with Gasteiger partial charge in [0.15, 0.2) is 0 Å². The van der Waals surface area contributed by atoms with Gasteiger partial charge in [0.25, 0.3) is 0 Å². The molecular formula is C23H24ClN5O3. The zero-order valence-electron chi connectivity index (χ0n) is 17.9. The van der Waals surface area contributed by atoms with E-state index in [4.69, 9.17) is 16.3 Å². The Hall–Kier alpha value is -3.39. The topological polar surface area (TPSA) is 84.6 Å². The molecule has 1 aliphatic heterocycles. The van der Waals surface area contributed by atoms with Crippen LogP contribution in [0.4, 0.5) is 17.2 Å². The highest BCUT2D eigenvalue weighted by Gasteiger charge is 2.30. The lowest BCUT2D eigenvalue weighted by Crippen LogP contribution is -2.47. The number of nitrogens with zero attached hydrogens (tertiary/aromatic N) is 5. The molecule has 1 fully saturated rings. The quantitative estimate of drug-likeness (QED) is 0.370. The third-order valence-corrected chi connectivity index (χ3v) is 5.70. The molecule has 166 valence electrons. The number of anilines is 2. The first-order valence-electron chi connectivity index (χ1n) is 10.4. The summed E-state index contributed by atoms with van der Waals surface area (Å²) in [6.07, 6.45) is 1.31. The van der Waals surface area contributed by atoms with Crippen molar-refractivity contribution in [2.75, 3.05) is 36.0 Å². The largest absolute Gasteiger partial charge is 0.434 e. The molecule has 0 bridgehead atoms. The molecule has 1 aliphatic rings. The highest BCUT2D eigenvalue weighted by Crippen LogP contribution is 2.37. The lowest BCUT2D eigenvalue weighted by atomic mass is 10.0. The minimum Gasteiger partial charge on any atom is -0.434 e. The van der Waals surface area contributed by atoms with Gasteiger partial charge in [0, 0.05) is 36.9 Å². The molecule has 0 radical (unpaired) electrons.